The fourth-order valence-electron chi connectivity index (χ4n) is 0.374. The van der Waals surface area contributed by atoms with Gasteiger partial charge in [0.1, 0.15) is 0 Å². The van der Waals surface area contributed by atoms with E-state index in [0.717, 1.165) is 5.69 Å². The smallest absolute Gasteiger partial charge is 0.0555 e. The minimum absolute atomic E-state index is 0. The largest absolute Gasteiger partial charge is 0.261 e. The van der Waals surface area contributed by atoms with Crippen LogP contribution in [-0.4, -0.2) is 9.97 Å². The Bertz CT molecular complexity index is 140. The second-order valence-electron chi connectivity index (χ2n) is 1.35. The number of nitrogens with zero attached hydrogens (tertiary/aromatic N) is 2. The molecule has 0 spiro atoms. The second kappa shape index (κ2) is 3.78. The number of hydrogen-bond donors (Lipinski definition) is 0. The Balaban J connectivity index is 0.000000490. The summed E-state index contributed by atoms with van der Waals surface area (Å²) in [5.74, 6) is 0. The number of rotatable bonds is 0. The summed E-state index contributed by atoms with van der Waals surface area (Å²) in [7, 11) is 0. The molecule has 3 heteroatoms. The maximum atomic E-state index is 3.92. The molecule has 1 aromatic heterocycles. The van der Waals surface area contributed by atoms with E-state index in [1.165, 1.54) is 0 Å². The van der Waals surface area contributed by atoms with Crippen LogP contribution in [0.25, 0.3) is 0 Å². The summed E-state index contributed by atoms with van der Waals surface area (Å²) in [6.07, 6.45) is 5.06. The van der Waals surface area contributed by atoms with E-state index >= 15 is 0 Å². The van der Waals surface area contributed by atoms with Gasteiger partial charge >= 0.3 is 0 Å². The fraction of sp³-hybridized carbons (Fsp3) is 0.200. The van der Waals surface area contributed by atoms with Crippen molar-refractivity contribution in [2.75, 3.05) is 0 Å². The molecular formula is C5H6AuN2. The standard InChI is InChI=1S/C5H6N2.Au/c1-5-4-6-2-3-7-5;/h2-4H,1H3;. The molecule has 0 aromatic carbocycles. The maximum Gasteiger partial charge on any atom is 0.0555 e. The van der Waals surface area contributed by atoms with E-state index in [2.05, 4.69) is 9.97 Å². The van der Waals surface area contributed by atoms with Crippen LogP contribution < -0.4 is 0 Å². The zero-order chi connectivity index (χ0) is 5.11. The van der Waals surface area contributed by atoms with Gasteiger partial charge in [0.2, 0.25) is 0 Å². The van der Waals surface area contributed by atoms with E-state index in [1.54, 1.807) is 18.6 Å². The van der Waals surface area contributed by atoms with Crippen LogP contribution in [0.2, 0.25) is 0 Å². The summed E-state index contributed by atoms with van der Waals surface area (Å²) in [6.45, 7) is 1.91. The van der Waals surface area contributed by atoms with Gasteiger partial charge in [-0.25, -0.2) is 0 Å². The van der Waals surface area contributed by atoms with Gasteiger partial charge in [0, 0.05) is 41.0 Å². The molecule has 0 unspecified atom stereocenters. The minimum atomic E-state index is 0. The Morgan fingerprint density at radius 1 is 1.38 bits per heavy atom. The predicted molar refractivity (Wildman–Crippen MR) is 26.8 cm³/mol. The van der Waals surface area contributed by atoms with Crippen molar-refractivity contribution in [3.05, 3.63) is 24.3 Å². The van der Waals surface area contributed by atoms with Crippen molar-refractivity contribution < 1.29 is 22.4 Å². The molecule has 1 rings (SSSR count). The molecule has 0 bridgehead atoms. The fourth-order valence-corrected chi connectivity index (χ4v) is 0.374. The van der Waals surface area contributed by atoms with Crippen LogP contribution in [0.3, 0.4) is 0 Å². The molecule has 0 saturated heterocycles. The van der Waals surface area contributed by atoms with Crippen molar-refractivity contribution in [3.63, 3.8) is 0 Å². The third-order valence-corrected chi connectivity index (χ3v) is 0.692. The normalized spacial score (nSPS) is 7.62. The Labute approximate surface area is 63.9 Å². The summed E-state index contributed by atoms with van der Waals surface area (Å²) in [4.78, 5) is 7.74. The van der Waals surface area contributed by atoms with Gasteiger partial charge in [-0.05, 0) is 6.92 Å². The van der Waals surface area contributed by atoms with Crippen molar-refractivity contribution >= 4 is 0 Å². The van der Waals surface area contributed by atoms with Crippen molar-refractivity contribution in [3.8, 4) is 0 Å². The summed E-state index contributed by atoms with van der Waals surface area (Å²) >= 11 is 0. The van der Waals surface area contributed by atoms with Crippen LogP contribution in [0.1, 0.15) is 5.69 Å². The van der Waals surface area contributed by atoms with E-state index in [1.807, 2.05) is 6.92 Å². The first-order chi connectivity index (χ1) is 3.39. The van der Waals surface area contributed by atoms with Gasteiger partial charge in [-0.2, -0.15) is 0 Å². The van der Waals surface area contributed by atoms with Gasteiger partial charge in [0.25, 0.3) is 0 Å². The Morgan fingerprint density at radius 2 is 2.12 bits per heavy atom. The molecule has 0 fully saturated rings. The number of aryl methyl sites for hydroxylation is 1. The van der Waals surface area contributed by atoms with E-state index < -0.39 is 0 Å². The monoisotopic (exact) mass is 291 g/mol. The van der Waals surface area contributed by atoms with Crippen molar-refractivity contribution in [2.24, 2.45) is 0 Å². The van der Waals surface area contributed by atoms with Gasteiger partial charge in [-0.3, -0.25) is 9.97 Å². The molecule has 47 valence electrons. The third kappa shape index (κ3) is 2.21. The summed E-state index contributed by atoms with van der Waals surface area (Å²) in [6, 6.07) is 0. The first-order valence-electron chi connectivity index (χ1n) is 2.12. The first kappa shape index (κ1) is 7.82. The summed E-state index contributed by atoms with van der Waals surface area (Å²) in [5.41, 5.74) is 0.961. The predicted octanol–water partition coefficient (Wildman–Crippen LogP) is 0.783. The van der Waals surface area contributed by atoms with Crippen molar-refractivity contribution in [2.45, 2.75) is 6.92 Å². The Kier molecular flexibility index (Phi) is 3.69. The molecule has 0 atom stereocenters. The molecule has 8 heavy (non-hydrogen) atoms. The minimum Gasteiger partial charge on any atom is -0.261 e. The number of hydrogen-bond acceptors (Lipinski definition) is 2. The molecule has 0 aliphatic carbocycles. The molecule has 1 heterocycles. The zero-order valence-electron chi connectivity index (χ0n) is 4.43. The SMILES string of the molecule is Cc1cnccn1.[Au]. The second-order valence-corrected chi connectivity index (χ2v) is 1.35. The summed E-state index contributed by atoms with van der Waals surface area (Å²) < 4.78 is 0. The van der Waals surface area contributed by atoms with Crippen LogP contribution in [0.5, 0.6) is 0 Å². The summed E-state index contributed by atoms with van der Waals surface area (Å²) in [5, 5.41) is 0. The van der Waals surface area contributed by atoms with E-state index in [4.69, 9.17) is 0 Å². The molecular weight excluding hydrogens is 285 g/mol. The van der Waals surface area contributed by atoms with Gasteiger partial charge in [0.05, 0.1) is 5.69 Å². The van der Waals surface area contributed by atoms with Gasteiger partial charge in [-0.15, -0.1) is 0 Å². The van der Waals surface area contributed by atoms with Gasteiger partial charge in [-0.1, -0.05) is 0 Å². The Hall–Kier alpha value is -0.180. The molecule has 2 nitrogen and oxygen atoms in total. The van der Waals surface area contributed by atoms with Crippen LogP contribution in [0, 0.1) is 6.92 Å². The van der Waals surface area contributed by atoms with Crippen LogP contribution in [0.4, 0.5) is 0 Å². The third-order valence-electron chi connectivity index (χ3n) is 0.692. The number of aromatic nitrogens is 2. The molecule has 1 radical (unpaired) electrons. The van der Waals surface area contributed by atoms with E-state index in [-0.39, 0.29) is 22.4 Å². The molecule has 0 N–H and O–H groups in total. The molecule has 1 aromatic rings. The maximum absolute atomic E-state index is 3.92. The molecule has 0 saturated carbocycles. The quantitative estimate of drug-likeness (QED) is 0.660. The van der Waals surface area contributed by atoms with Gasteiger partial charge in [0.15, 0.2) is 0 Å². The van der Waals surface area contributed by atoms with E-state index in [0.29, 0.717) is 0 Å². The Morgan fingerprint density at radius 3 is 2.38 bits per heavy atom. The van der Waals surface area contributed by atoms with Gasteiger partial charge < -0.3 is 0 Å². The molecule has 0 aliphatic heterocycles. The molecule has 0 aliphatic rings. The first-order valence-corrected chi connectivity index (χ1v) is 2.12. The van der Waals surface area contributed by atoms with Crippen molar-refractivity contribution in [1.82, 2.24) is 9.97 Å². The average Bonchev–Trinajstić information content (AvgIpc) is 1.69. The van der Waals surface area contributed by atoms with Crippen molar-refractivity contribution in [1.29, 1.82) is 0 Å². The van der Waals surface area contributed by atoms with Crippen LogP contribution in [0.15, 0.2) is 18.6 Å². The molecule has 0 amide bonds. The van der Waals surface area contributed by atoms with E-state index in [9.17, 15) is 0 Å². The van der Waals surface area contributed by atoms with Crippen LogP contribution in [-0.2, 0) is 22.4 Å². The van der Waals surface area contributed by atoms with Crippen LogP contribution >= 0.6 is 0 Å². The average molecular weight is 291 g/mol. The topological polar surface area (TPSA) is 25.8 Å². The zero-order valence-corrected chi connectivity index (χ0v) is 6.59.